The number of benzene rings is 1. The minimum absolute atomic E-state index is 0.554. The molecule has 0 saturated carbocycles. The Labute approximate surface area is 83.1 Å². The highest BCUT2D eigenvalue weighted by Gasteiger charge is 2.07. The molecule has 2 N–H and O–H groups in total. The van der Waals surface area contributed by atoms with Gasteiger partial charge in [-0.3, -0.25) is 0 Å². The smallest absolute Gasteiger partial charge is 0.128 e. The largest absolute Gasteiger partial charge is 0.496 e. The number of nitrogens with two attached hydrogens (primary N) is 1. The predicted octanol–water partition coefficient (Wildman–Crippen LogP) is 1.65. The van der Waals surface area contributed by atoms with Gasteiger partial charge in [0.05, 0.1) is 12.6 Å². The number of rotatable bonds is 2. The van der Waals surface area contributed by atoms with E-state index in [2.05, 4.69) is 4.57 Å². The fraction of sp³-hybridized carbons (Fsp3) is 0.273. The number of hydrogen-bond donors (Lipinski definition) is 1. The molecule has 1 aromatic carbocycles. The first-order valence-electron chi connectivity index (χ1n) is 4.59. The van der Waals surface area contributed by atoms with Crippen LogP contribution < -0.4 is 10.5 Å². The third-order valence-corrected chi connectivity index (χ3v) is 2.52. The molecule has 0 saturated heterocycles. The third kappa shape index (κ3) is 1.17. The summed E-state index contributed by atoms with van der Waals surface area (Å²) in [6.07, 6.45) is 2.02. The van der Waals surface area contributed by atoms with Crippen molar-refractivity contribution in [2.75, 3.05) is 7.11 Å². The molecule has 0 spiro atoms. The highest BCUT2D eigenvalue weighted by atomic mass is 16.5. The Kier molecular flexibility index (Phi) is 2.17. The van der Waals surface area contributed by atoms with Crippen LogP contribution in [-0.2, 0) is 13.6 Å². The van der Waals surface area contributed by atoms with Gasteiger partial charge in [-0.15, -0.1) is 0 Å². The number of methoxy groups -OCH3 is 1. The van der Waals surface area contributed by atoms with Crippen molar-refractivity contribution in [1.29, 1.82) is 0 Å². The zero-order valence-electron chi connectivity index (χ0n) is 8.45. The van der Waals surface area contributed by atoms with Crippen molar-refractivity contribution < 1.29 is 4.74 Å². The molecular weight excluding hydrogens is 176 g/mol. The van der Waals surface area contributed by atoms with Crippen LogP contribution in [-0.4, -0.2) is 11.7 Å². The Hall–Kier alpha value is -1.48. The monoisotopic (exact) mass is 190 g/mol. The molecule has 2 aromatic rings. The highest BCUT2D eigenvalue weighted by molar-refractivity contribution is 5.89. The van der Waals surface area contributed by atoms with Crippen molar-refractivity contribution in [3.8, 4) is 5.75 Å². The van der Waals surface area contributed by atoms with Gasteiger partial charge < -0.3 is 15.0 Å². The molecule has 0 amide bonds. The van der Waals surface area contributed by atoms with Gasteiger partial charge in [0.1, 0.15) is 5.75 Å². The summed E-state index contributed by atoms with van der Waals surface area (Å²) in [7, 11) is 3.70. The first-order valence-corrected chi connectivity index (χ1v) is 4.59. The van der Waals surface area contributed by atoms with Crippen molar-refractivity contribution >= 4 is 10.9 Å². The predicted molar refractivity (Wildman–Crippen MR) is 57.4 cm³/mol. The van der Waals surface area contributed by atoms with Gasteiger partial charge in [-0.25, -0.2) is 0 Å². The Bertz CT molecular complexity index is 460. The second-order valence-electron chi connectivity index (χ2n) is 3.32. The quantitative estimate of drug-likeness (QED) is 0.782. The van der Waals surface area contributed by atoms with E-state index in [1.807, 2.05) is 31.4 Å². The zero-order valence-corrected chi connectivity index (χ0v) is 8.45. The first-order chi connectivity index (χ1) is 6.77. The van der Waals surface area contributed by atoms with Crippen LogP contribution in [0.3, 0.4) is 0 Å². The van der Waals surface area contributed by atoms with E-state index in [9.17, 15) is 0 Å². The molecule has 0 atom stereocenters. The molecule has 0 aliphatic rings. The Morgan fingerprint density at radius 2 is 2.14 bits per heavy atom. The molecule has 0 aliphatic heterocycles. The number of hydrogen-bond acceptors (Lipinski definition) is 2. The lowest BCUT2D eigenvalue weighted by atomic mass is 10.1. The maximum absolute atomic E-state index is 5.68. The summed E-state index contributed by atoms with van der Waals surface area (Å²) in [5, 5.41) is 1.12. The van der Waals surface area contributed by atoms with Gasteiger partial charge in [0.25, 0.3) is 0 Å². The molecule has 74 valence electrons. The van der Waals surface area contributed by atoms with Crippen LogP contribution in [0.1, 0.15) is 5.56 Å². The highest BCUT2D eigenvalue weighted by Crippen LogP contribution is 2.28. The second-order valence-corrected chi connectivity index (χ2v) is 3.32. The third-order valence-electron chi connectivity index (χ3n) is 2.52. The van der Waals surface area contributed by atoms with Crippen molar-refractivity contribution in [1.82, 2.24) is 4.57 Å². The lowest BCUT2D eigenvalue weighted by Crippen LogP contribution is -2.00. The van der Waals surface area contributed by atoms with Crippen molar-refractivity contribution in [3.05, 3.63) is 30.0 Å². The van der Waals surface area contributed by atoms with Gasteiger partial charge in [-0.2, -0.15) is 0 Å². The summed E-state index contributed by atoms with van der Waals surface area (Å²) in [5.41, 5.74) is 7.99. The van der Waals surface area contributed by atoms with E-state index in [1.165, 1.54) is 0 Å². The van der Waals surface area contributed by atoms with Crippen LogP contribution in [0.2, 0.25) is 0 Å². The number of nitrogens with zero attached hydrogens (tertiary/aromatic N) is 1. The van der Waals surface area contributed by atoms with Gasteiger partial charge in [0.15, 0.2) is 0 Å². The zero-order chi connectivity index (χ0) is 10.1. The molecular formula is C11H14N2O. The lowest BCUT2D eigenvalue weighted by Gasteiger charge is -2.07. The second kappa shape index (κ2) is 3.35. The SMILES string of the molecule is COc1ccc(CN)c2c1ccn2C. The lowest BCUT2D eigenvalue weighted by molar-refractivity contribution is 0.419. The molecule has 0 aliphatic carbocycles. The first kappa shape index (κ1) is 9.09. The number of aromatic nitrogens is 1. The van der Waals surface area contributed by atoms with Crippen molar-refractivity contribution in [2.45, 2.75) is 6.54 Å². The van der Waals surface area contributed by atoms with E-state index in [0.29, 0.717) is 6.54 Å². The minimum atomic E-state index is 0.554. The Balaban J connectivity index is 2.81. The Morgan fingerprint density at radius 3 is 2.79 bits per heavy atom. The molecule has 0 bridgehead atoms. The summed E-state index contributed by atoms with van der Waals surface area (Å²) in [5.74, 6) is 0.901. The number of fused-ring (bicyclic) bond motifs is 1. The summed E-state index contributed by atoms with van der Waals surface area (Å²) in [6.45, 7) is 0.554. The summed E-state index contributed by atoms with van der Waals surface area (Å²) in [4.78, 5) is 0. The van der Waals surface area contributed by atoms with Crippen molar-refractivity contribution in [3.63, 3.8) is 0 Å². The summed E-state index contributed by atoms with van der Waals surface area (Å²) >= 11 is 0. The molecule has 1 heterocycles. The van der Waals surface area contributed by atoms with Crippen LogP contribution in [0, 0.1) is 0 Å². The Morgan fingerprint density at radius 1 is 1.36 bits per heavy atom. The van der Waals surface area contributed by atoms with E-state index < -0.39 is 0 Å². The maximum Gasteiger partial charge on any atom is 0.128 e. The fourth-order valence-electron chi connectivity index (χ4n) is 1.82. The summed E-state index contributed by atoms with van der Waals surface area (Å²) in [6, 6.07) is 6.03. The van der Waals surface area contributed by atoms with E-state index in [4.69, 9.17) is 10.5 Å². The van der Waals surface area contributed by atoms with Crippen LogP contribution in [0.4, 0.5) is 0 Å². The minimum Gasteiger partial charge on any atom is -0.496 e. The molecule has 2 rings (SSSR count). The van der Waals surface area contributed by atoms with Gasteiger partial charge in [0, 0.05) is 25.2 Å². The van der Waals surface area contributed by atoms with E-state index in [-0.39, 0.29) is 0 Å². The molecule has 0 radical (unpaired) electrons. The van der Waals surface area contributed by atoms with E-state index in [1.54, 1.807) is 7.11 Å². The number of ether oxygens (including phenoxy) is 1. The van der Waals surface area contributed by atoms with Crippen LogP contribution in [0.25, 0.3) is 10.9 Å². The summed E-state index contributed by atoms with van der Waals surface area (Å²) < 4.78 is 7.36. The van der Waals surface area contributed by atoms with Gasteiger partial charge in [0.2, 0.25) is 0 Å². The average Bonchev–Trinajstić information content (AvgIpc) is 2.60. The molecule has 0 fully saturated rings. The average molecular weight is 190 g/mol. The van der Waals surface area contributed by atoms with E-state index >= 15 is 0 Å². The maximum atomic E-state index is 5.68. The topological polar surface area (TPSA) is 40.2 Å². The fourth-order valence-corrected chi connectivity index (χ4v) is 1.82. The van der Waals surface area contributed by atoms with Crippen LogP contribution >= 0.6 is 0 Å². The van der Waals surface area contributed by atoms with Crippen LogP contribution in [0.5, 0.6) is 5.75 Å². The molecule has 0 unspecified atom stereocenters. The molecule has 3 nitrogen and oxygen atoms in total. The van der Waals surface area contributed by atoms with Gasteiger partial charge in [-0.05, 0) is 17.7 Å². The van der Waals surface area contributed by atoms with Gasteiger partial charge >= 0.3 is 0 Å². The molecule has 14 heavy (non-hydrogen) atoms. The normalized spacial score (nSPS) is 10.8. The van der Waals surface area contributed by atoms with Crippen molar-refractivity contribution in [2.24, 2.45) is 12.8 Å². The van der Waals surface area contributed by atoms with Gasteiger partial charge in [-0.1, -0.05) is 6.07 Å². The molecule has 1 aromatic heterocycles. The van der Waals surface area contributed by atoms with Crippen LogP contribution in [0.15, 0.2) is 24.4 Å². The molecule has 3 heteroatoms. The van der Waals surface area contributed by atoms with E-state index in [0.717, 1.165) is 22.2 Å². The standard InChI is InChI=1S/C11H14N2O/c1-13-6-5-9-10(14-2)4-3-8(7-12)11(9)13/h3-6H,7,12H2,1-2H3. The number of aryl methyl sites for hydroxylation is 1.